The van der Waals surface area contributed by atoms with Gasteiger partial charge in [-0.05, 0) is 36.4 Å². The molecule has 0 N–H and O–H groups in total. The van der Waals surface area contributed by atoms with Crippen LogP contribution in [-0.4, -0.2) is 16.1 Å². The highest BCUT2D eigenvalue weighted by Gasteiger charge is 2.15. The molecule has 0 amide bonds. The fraction of sp³-hybridized carbons (Fsp3) is 0.0625. The second-order valence-corrected chi connectivity index (χ2v) is 4.68. The predicted octanol–water partition coefficient (Wildman–Crippen LogP) is 3.54. The molecule has 0 aliphatic rings. The molecule has 1 heterocycles. The van der Waals surface area contributed by atoms with Crippen molar-refractivity contribution in [2.75, 3.05) is 0 Å². The van der Waals surface area contributed by atoms with Crippen LogP contribution in [0.5, 0.6) is 5.75 Å². The highest BCUT2D eigenvalue weighted by Crippen LogP contribution is 2.21. The average molecular weight is 316 g/mol. The fourth-order valence-corrected chi connectivity index (χ4v) is 1.91. The van der Waals surface area contributed by atoms with E-state index in [1.165, 1.54) is 12.1 Å². The SMILES string of the molecule is Cc1nc(-c2ccc(OC(=O)c3ccc(F)cc3F)cc2)no1. The monoisotopic (exact) mass is 316 g/mol. The summed E-state index contributed by atoms with van der Waals surface area (Å²) in [6, 6.07) is 8.94. The van der Waals surface area contributed by atoms with Crippen molar-refractivity contribution < 1.29 is 22.8 Å². The molecule has 23 heavy (non-hydrogen) atoms. The summed E-state index contributed by atoms with van der Waals surface area (Å²) in [5, 5.41) is 3.77. The van der Waals surface area contributed by atoms with Gasteiger partial charge in [-0.2, -0.15) is 4.98 Å². The van der Waals surface area contributed by atoms with E-state index in [-0.39, 0.29) is 11.3 Å². The number of aromatic nitrogens is 2. The predicted molar refractivity (Wildman–Crippen MR) is 75.8 cm³/mol. The Labute approximate surface area is 129 Å². The molecule has 0 spiro atoms. The minimum absolute atomic E-state index is 0.211. The zero-order valence-corrected chi connectivity index (χ0v) is 11.9. The maximum atomic E-state index is 13.5. The average Bonchev–Trinajstić information content (AvgIpc) is 2.94. The number of esters is 1. The third-order valence-electron chi connectivity index (χ3n) is 3.00. The van der Waals surface area contributed by atoms with E-state index in [1.54, 1.807) is 19.1 Å². The third kappa shape index (κ3) is 3.23. The Morgan fingerprint density at radius 1 is 1.13 bits per heavy atom. The molecule has 116 valence electrons. The maximum Gasteiger partial charge on any atom is 0.346 e. The largest absolute Gasteiger partial charge is 0.423 e. The molecular weight excluding hydrogens is 306 g/mol. The van der Waals surface area contributed by atoms with Gasteiger partial charge in [0, 0.05) is 18.6 Å². The van der Waals surface area contributed by atoms with E-state index in [0.29, 0.717) is 23.3 Å². The molecular formula is C16H10F2N2O3. The molecule has 3 aromatic rings. The molecule has 1 aromatic heterocycles. The van der Waals surface area contributed by atoms with Gasteiger partial charge in [0.05, 0.1) is 5.56 Å². The summed E-state index contributed by atoms with van der Waals surface area (Å²) in [4.78, 5) is 15.9. The molecule has 0 aliphatic heterocycles. The molecule has 2 aromatic carbocycles. The number of aryl methyl sites for hydroxylation is 1. The van der Waals surface area contributed by atoms with Crippen LogP contribution >= 0.6 is 0 Å². The normalized spacial score (nSPS) is 10.6. The van der Waals surface area contributed by atoms with Crippen LogP contribution in [-0.2, 0) is 0 Å². The Morgan fingerprint density at radius 2 is 1.87 bits per heavy atom. The molecule has 7 heteroatoms. The summed E-state index contributed by atoms with van der Waals surface area (Å²) in [7, 11) is 0. The molecule has 0 fully saturated rings. The lowest BCUT2D eigenvalue weighted by molar-refractivity contribution is 0.0730. The second kappa shape index (κ2) is 5.96. The molecule has 0 aliphatic carbocycles. The van der Waals surface area contributed by atoms with E-state index in [4.69, 9.17) is 9.26 Å². The first kappa shape index (κ1) is 14.8. The van der Waals surface area contributed by atoms with Crippen molar-refractivity contribution in [1.82, 2.24) is 10.1 Å². The minimum Gasteiger partial charge on any atom is -0.423 e. The van der Waals surface area contributed by atoms with Crippen molar-refractivity contribution in [2.24, 2.45) is 0 Å². The smallest absolute Gasteiger partial charge is 0.346 e. The minimum atomic E-state index is -0.978. The van der Waals surface area contributed by atoms with Crippen LogP contribution in [0.15, 0.2) is 47.0 Å². The van der Waals surface area contributed by atoms with Crippen molar-refractivity contribution >= 4 is 5.97 Å². The molecule has 0 bridgehead atoms. The quantitative estimate of drug-likeness (QED) is 0.546. The first-order chi connectivity index (χ1) is 11.0. The van der Waals surface area contributed by atoms with E-state index >= 15 is 0 Å². The van der Waals surface area contributed by atoms with E-state index in [2.05, 4.69) is 10.1 Å². The topological polar surface area (TPSA) is 65.2 Å². The Hall–Kier alpha value is -3.09. The lowest BCUT2D eigenvalue weighted by Crippen LogP contribution is -2.10. The van der Waals surface area contributed by atoms with Crippen LogP contribution in [0.4, 0.5) is 8.78 Å². The Bertz CT molecular complexity index is 860. The molecule has 0 saturated carbocycles. The summed E-state index contributed by atoms with van der Waals surface area (Å²) < 4.78 is 36.3. The number of rotatable bonds is 3. The van der Waals surface area contributed by atoms with Gasteiger partial charge in [0.25, 0.3) is 0 Å². The van der Waals surface area contributed by atoms with Gasteiger partial charge >= 0.3 is 5.97 Å². The number of benzene rings is 2. The number of hydrogen-bond acceptors (Lipinski definition) is 5. The number of ether oxygens (including phenoxy) is 1. The van der Waals surface area contributed by atoms with Crippen LogP contribution in [0.3, 0.4) is 0 Å². The molecule has 5 nitrogen and oxygen atoms in total. The first-order valence-corrected chi connectivity index (χ1v) is 6.61. The van der Waals surface area contributed by atoms with Crippen LogP contribution in [0.2, 0.25) is 0 Å². The Kier molecular flexibility index (Phi) is 3.84. The van der Waals surface area contributed by atoms with Crippen molar-refractivity contribution in [1.29, 1.82) is 0 Å². The number of nitrogens with zero attached hydrogens (tertiary/aromatic N) is 2. The number of hydrogen-bond donors (Lipinski definition) is 0. The Balaban J connectivity index is 1.76. The van der Waals surface area contributed by atoms with Gasteiger partial charge in [-0.1, -0.05) is 5.16 Å². The summed E-state index contributed by atoms with van der Waals surface area (Å²) in [6.45, 7) is 1.67. The van der Waals surface area contributed by atoms with Crippen molar-refractivity contribution in [2.45, 2.75) is 6.92 Å². The van der Waals surface area contributed by atoms with Crippen LogP contribution in [0.1, 0.15) is 16.2 Å². The van der Waals surface area contributed by atoms with Gasteiger partial charge in [0.2, 0.25) is 11.7 Å². The number of carbonyl (C=O) groups excluding carboxylic acids is 1. The van der Waals surface area contributed by atoms with Gasteiger partial charge in [-0.3, -0.25) is 0 Å². The van der Waals surface area contributed by atoms with Crippen LogP contribution in [0, 0.1) is 18.6 Å². The van der Waals surface area contributed by atoms with Crippen molar-refractivity contribution in [3.8, 4) is 17.1 Å². The van der Waals surface area contributed by atoms with Crippen LogP contribution in [0.25, 0.3) is 11.4 Å². The van der Waals surface area contributed by atoms with Gasteiger partial charge < -0.3 is 9.26 Å². The van der Waals surface area contributed by atoms with Crippen LogP contribution < -0.4 is 4.74 Å². The van der Waals surface area contributed by atoms with E-state index < -0.39 is 17.6 Å². The van der Waals surface area contributed by atoms with Gasteiger partial charge in [-0.15, -0.1) is 0 Å². The summed E-state index contributed by atoms with van der Waals surface area (Å²) in [6.07, 6.45) is 0. The standard InChI is InChI=1S/C16H10F2N2O3/c1-9-19-15(20-23-9)10-2-5-12(6-3-10)22-16(21)13-7-4-11(17)8-14(13)18/h2-8H,1H3. The highest BCUT2D eigenvalue weighted by molar-refractivity contribution is 5.91. The summed E-state index contributed by atoms with van der Waals surface area (Å²) in [5.41, 5.74) is 0.332. The molecule has 0 radical (unpaired) electrons. The summed E-state index contributed by atoms with van der Waals surface area (Å²) in [5.74, 6) is -1.60. The molecule has 3 rings (SSSR count). The second-order valence-electron chi connectivity index (χ2n) is 4.68. The fourth-order valence-electron chi connectivity index (χ4n) is 1.91. The van der Waals surface area contributed by atoms with E-state index in [9.17, 15) is 13.6 Å². The first-order valence-electron chi connectivity index (χ1n) is 6.61. The maximum absolute atomic E-state index is 13.5. The highest BCUT2D eigenvalue weighted by atomic mass is 19.1. The van der Waals surface area contributed by atoms with Gasteiger partial charge in [-0.25, -0.2) is 13.6 Å². The van der Waals surface area contributed by atoms with Crippen molar-refractivity contribution in [3.05, 3.63) is 65.6 Å². The molecule has 0 atom stereocenters. The number of carbonyl (C=O) groups is 1. The Morgan fingerprint density at radius 3 is 2.48 bits per heavy atom. The third-order valence-corrected chi connectivity index (χ3v) is 3.00. The summed E-state index contributed by atoms with van der Waals surface area (Å²) >= 11 is 0. The van der Waals surface area contributed by atoms with E-state index in [1.807, 2.05) is 0 Å². The van der Waals surface area contributed by atoms with E-state index in [0.717, 1.165) is 12.1 Å². The number of halogens is 2. The zero-order chi connectivity index (χ0) is 16.4. The van der Waals surface area contributed by atoms with Crippen molar-refractivity contribution in [3.63, 3.8) is 0 Å². The zero-order valence-electron chi connectivity index (χ0n) is 11.9. The van der Waals surface area contributed by atoms with Gasteiger partial charge in [0.15, 0.2) is 0 Å². The molecule has 0 saturated heterocycles. The molecule has 0 unspecified atom stereocenters. The lowest BCUT2D eigenvalue weighted by Gasteiger charge is -2.05. The van der Waals surface area contributed by atoms with Gasteiger partial charge in [0.1, 0.15) is 17.4 Å². The lowest BCUT2D eigenvalue weighted by atomic mass is 10.2.